The number of hydrogen-bond donors (Lipinski definition) is 1. The van der Waals surface area contributed by atoms with Crippen LogP contribution in [0.25, 0.3) is 0 Å². The summed E-state index contributed by atoms with van der Waals surface area (Å²) in [7, 11) is 0. The lowest BCUT2D eigenvalue weighted by atomic mass is 9.68. The Labute approximate surface area is 125 Å². The third-order valence-corrected chi connectivity index (χ3v) is 5.58. The standard InChI is InChI=1S/C17H35N3/c1-15(2)13-19-9-11-20(12-10-19)17(14-18)7-5-16(3,4)6-8-17/h15H,5-14,18H2,1-4H3. The van der Waals surface area contributed by atoms with Crippen LogP contribution in [0.1, 0.15) is 53.4 Å². The molecule has 20 heavy (non-hydrogen) atoms. The predicted octanol–water partition coefficient (Wildman–Crippen LogP) is 2.56. The first-order chi connectivity index (χ1) is 9.37. The van der Waals surface area contributed by atoms with Crippen molar-refractivity contribution >= 4 is 0 Å². The number of hydrogen-bond acceptors (Lipinski definition) is 3. The average Bonchev–Trinajstić information content (AvgIpc) is 2.40. The Bertz CT molecular complexity index is 293. The third kappa shape index (κ3) is 3.75. The van der Waals surface area contributed by atoms with Gasteiger partial charge in [-0.05, 0) is 37.0 Å². The van der Waals surface area contributed by atoms with Gasteiger partial charge in [0, 0.05) is 44.8 Å². The van der Waals surface area contributed by atoms with E-state index in [2.05, 4.69) is 37.5 Å². The van der Waals surface area contributed by atoms with Crippen LogP contribution in [0, 0.1) is 11.3 Å². The second-order valence-electron chi connectivity index (χ2n) is 8.27. The Morgan fingerprint density at radius 2 is 1.50 bits per heavy atom. The molecule has 0 aromatic carbocycles. The van der Waals surface area contributed by atoms with Crippen molar-refractivity contribution in [2.75, 3.05) is 39.3 Å². The summed E-state index contributed by atoms with van der Waals surface area (Å²) in [6, 6.07) is 0. The molecule has 1 aliphatic heterocycles. The minimum absolute atomic E-state index is 0.305. The molecule has 3 nitrogen and oxygen atoms in total. The van der Waals surface area contributed by atoms with Gasteiger partial charge in [-0.15, -0.1) is 0 Å². The first-order valence-corrected chi connectivity index (χ1v) is 8.54. The first kappa shape index (κ1) is 16.3. The molecule has 1 heterocycles. The molecule has 0 aromatic rings. The zero-order valence-corrected chi connectivity index (χ0v) is 14.1. The number of nitrogens with zero attached hydrogens (tertiary/aromatic N) is 2. The smallest absolute Gasteiger partial charge is 0.0333 e. The average molecular weight is 281 g/mol. The molecule has 0 unspecified atom stereocenters. The van der Waals surface area contributed by atoms with Crippen molar-refractivity contribution in [3.8, 4) is 0 Å². The maximum Gasteiger partial charge on any atom is 0.0333 e. The summed E-state index contributed by atoms with van der Waals surface area (Å²) in [5.74, 6) is 0.778. The zero-order valence-electron chi connectivity index (χ0n) is 14.1. The van der Waals surface area contributed by atoms with E-state index in [1.807, 2.05) is 0 Å². The maximum atomic E-state index is 6.22. The van der Waals surface area contributed by atoms with Crippen molar-refractivity contribution in [3.05, 3.63) is 0 Å². The van der Waals surface area contributed by atoms with Gasteiger partial charge < -0.3 is 10.6 Å². The minimum Gasteiger partial charge on any atom is -0.329 e. The second kappa shape index (κ2) is 6.33. The molecule has 118 valence electrons. The van der Waals surface area contributed by atoms with E-state index in [0.717, 1.165) is 12.5 Å². The zero-order chi connectivity index (χ0) is 14.8. The van der Waals surface area contributed by atoms with Crippen LogP contribution < -0.4 is 5.73 Å². The Hall–Kier alpha value is -0.120. The van der Waals surface area contributed by atoms with Gasteiger partial charge in [0.2, 0.25) is 0 Å². The highest BCUT2D eigenvalue weighted by Gasteiger charge is 2.42. The maximum absolute atomic E-state index is 6.22. The van der Waals surface area contributed by atoms with Crippen LogP contribution in [0.4, 0.5) is 0 Å². The van der Waals surface area contributed by atoms with Crippen molar-refractivity contribution in [1.82, 2.24) is 9.80 Å². The van der Waals surface area contributed by atoms with E-state index in [9.17, 15) is 0 Å². The fourth-order valence-corrected chi connectivity index (χ4v) is 3.96. The molecule has 0 amide bonds. The molecule has 1 saturated carbocycles. The quantitative estimate of drug-likeness (QED) is 0.859. The summed E-state index contributed by atoms with van der Waals surface area (Å²) in [6.45, 7) is 16.4. The number of nitrogens with two attached hydrogens (primary N) is 1. The largest absolute Gasteiger partial charge is 0.329 e. The Kier molecular flexibility index (Phi) is 5.14. The highest BCUT2D eigenvalue weighted by atomic mass is 15.3. The Morgan fingerprint density at radius 3 is 1.95 bits per heavy atom. The Morgan fingerprint density at radius 1 is 0.950 bits per heavy atom. The van der Waals surface area contributed by atoms with Crippen molar-refractivity contribution in [3.63, 3.8) is 0 Å². The van der Waals surface area contributed by atoms with Gasteiger partial charge in [0.1, 0.15) is 0 Å². The third-order valence-electron chi connectivity index (χ3n) is 5.58. The van der Waals surface area contributed by atoms with Gasteiger partial charge in [0.15, 0.2) is 0 Å². The molecule has 0 aromatic heterocycles. The van der Waals surface area contributed by atoms with E-state index in [-0.39, 0.29) is 0 Å². The van der Waals surface area contributed by atoms with E-state index in [1.165, 1.54) is 58.4 Å². The van der Waals surface area contributed by atoms with E-state index in [0.29, 0.717) is 11.0 Å². The predicted molar refractivity (Wildman–Crippen MR) is 86.9 cm³/mol. The summed E-state index contributed by atoms with van der Waals surface area (Å²) in [4.78, 5) is 5.34. The molecule has 0 atom stereocenters. The molecule has 1 aliphatic carbocycles. The van der Waals surface area contributed by atoms with Crippen molar-refractivity contribution in [2.24, 2.45) is 17.1 Å². The van der Waals surface area contributed by atoms with Gasteiger partial charge in [0.05, 0.1) is 0 Å². The molecule has 0 bridgehead atoms. The summed E-state index contributed by atoms with van der Waals surface area (Å²) in [5, 5.41) is 0. The molecular formula is C17H35N3. The van der Waals surface area contributed by atoms with Crippen molar-refractivity contribution < 1.29 is 0 Å². The van der Waals surface area contributed by atoms with Crippen LogP contribution >= 0.6 is 0 Å². The van der Waals surface area contributed by atoms with Gasteiger partial charge in [-0.25, -0.2) is 0 Å². The number of piperazine rings is 1. The molecule has 2 N–H and O–H groups in total. The summed E-state index contributed by atoms with van der Waals surface area (Å²) >= 11 is 0. The highest BCUT2D eigenvalue weighted by Crippen LogP contribution is 2.42. The summed E-state index contributed by atoms with van der Waals surface area (Å²) < 4.78 is 0. The van der Waals surface area contributed by atoms with Crippen molar-refractivity contribution in [2.45, 2.75) is 58.9 Å². The molecule has 2 fully saturated rings. The lowest BCUT2D eigenvalue weighted by molar-refractivity contribution is -0.0106. The molecule has 1 saturated heterocycles. The van der Waals surface area contributed by atoms with E-state index in [4.69, 9.17) is 5.73 Å². The highest BCUT2D eigenvalue weighted by molar-refractivity contribution is 4.99. The van der Waals surface area contributed by atoms with Gasteiger partial charge in [-0.2, -0.15) is 0 Å². The fourth-order valence-electron chi connectivity index (χ4n) is 3.96. The molecule has 3 heteroatoms. The monoisotopic (exact) mass is 281 g/mol. The molecule has 0 spiro atoms. The molecular weight excluding hydrogens is 246 g/mol. The van der Waals surface area contributed by atoms with E-state index < -0.39 is 0 Å². The fraction of sp³-hybridized carbons (Fsp3) is 1.00. The van der Waals surface area contributed by atoms with Gasteiger partial charge in [0.25, 0.3) is 0 Å². The summed E-state index contributed by atoms with van der Waals surface area (Å²) in [5.41, 5.74) is 7.05. The first-order valence-electron chi connectivity index (χ1n) is 8.54. The molecule has 0 radical (unpaired) electrons. The van der Waals surface area contributed by atoms with Crippen LogP contribution in [0.15, 0.2) is 0 Å². The number of rotatable bonds is 4. The van der Waals surface area contributed by atoms with Crippen LogP contribution in [0.3, 0.4) is 0 Å². The topological polar surface area (TPSA) is 32.5 Å². The van der Waals surface area contributed by atoms with E-state index in [1.54, 1.807) is 0 Å². The molecule has 2 aliphatic rings. The SMILES string of the molecule is CC(C)CN1CCN(C2(CN)CCC(C)(C)CC2)CC1. The van der Waals surface area contributed by atoms with Crippen LogP contribution in [-0.4, -0.2) is 54.6 Å². The van der Waals surface area contributed by atoms with Gasteiger partial charge >= 0.3 is 0 Å². The van der Waals surface area contributed by atoms with Crippen LogP contribution in [-0.2, 0) is 0 Å². The summed E-state index contributed by atoms with van der Waals surface area (Å²) in [6.07, 6.45) is 5.24. The normalized spacial score (nSPS) is 27.9. The lowest BCUT2D eigenvalue weighted by Gasteiger charge is -2.52. The van der Waals surface area contributed by atoms with Crippen LogP contribution in [0.2, 0.25) is 0 Å². The van der Waals surface area contributed by atoms with Crippen molar-refractivity contribution in [1.29, 1.82) is 0 Å². The van der Waals surface area contributed by atoms with E-state index >= 15 is 0 Å². The van der Waals surface area contributed by atoms with Crippen LogP contribution in [0.5, 0.6) is 0 Å². The minimum atomic E-state index is 0.305. The second-order valence-corrected chi connectivity index (χ2v) is 8.27. The van der Waals surface area contributed by atoms with Gasteiger partial charge in [-0.1, -0.05) is 27.7 Å². The van der Waals surface area contributed by atoms with Gasteiger partial charge in [-0.3, -0.25) is 4.90 Å². The lowest BCUT2D eigenvalue weighted by Crippen LogP contribution is -2.62. The molecule has 2 rings (SSSR count). The Balaban J connectivity index is 1.91.